The predicted molar refractivity (Wildman–Crippen MR) is 61.5 cm³/mol. The topological polar surface area (TPSA) is 73.2 Å². The Morgan fingerprint density at radius 2 is 1.80 bits per heavy atom. The Morgan fingerprint density at radius 1 is 1.20 bits per heavy atom. The molecule has 1 aliphatic rings. The Balaban J connectivity index is 2.40. The molecule has 20 heavy (non-hydrogen) atoms. The number of nitrogens with one attached hydrogen (secondary N) is 1. The van der Waals surface area contributed by atoms with Gasteiger partial charge in [-0.05, 0) is 18.2 Å². The van der Waals surface area contributed by atoms with Gasteiger partial charge in [0.25, 0.3) is 0 Å². The lowest BCUT2D eigenvalue weighted by molar-refractivity contribution is -0.137. The van der Waals surface area contributed by atoms with Gasteiger partial charge in [-0.3, -0.25) is 14.9 Å². The molecule has 0 aliphatic carbocycles. The molecular weight excluding hydrogens is 275 g/mol. The number of halogens is 3. The molecule has 0 aromatic heterocycles. The van der Waals surface area contributed by atoms with Crippen LogP contribution in [0.3, 0.4) is 0 Å². The average Bonchev–Trinajstić information content (AvgIpc) is 2.35. The second-order valence-corrected chi connectivity index (χ2v) is 4.17. The molecule has 0 bridgehead atoms. The van der Waals surface area contributed by atoms with Crippen molar-refractivity contribution in [3.05, 3.63) is 29.3 Å². The van der Waals surface area contributed by atoms with Gasteiger partial charge >= 0.3 is 6.18 Å². The Kier molecular flexibility index (Phi) is 3.36. The molecule has 0 spiro atoms. The number of hydrogen-bond acceptors (Lipinski definition) is 4. The zero-order valence-corrected chi connectivity index (χ0v) is 9.99. The minimum absolute atomic E-state index is 0.128. The van der Waals surface area contributed by atoms with Crippen LogP contribution in [0.4, 0.5) is 18.9 Å². The third-order valence-electron chi connectivity index (χ3n) is 2.73. The van der Waals surface area contributed by atoms with Gasteiger partial charge in [-0.15, -0.1) is 0 Å². The predicted octanol–water partition coefficient (Wildman–Crippen LogP) is 1.04. The molecule has 2 rings (SSSR count). The molecule has 0 unspecified atom stereocenters. The Morgan fingerprint density at radius 3 is 2.30 bits per heavy atom. The van der Waals surface area contributed by atoms with Gasteiger partial charge in [-0.2, -0.15) is 18.4 Å². The maximum Gasteiger partial charge on any atom is 0.416 e. The first-order valence-electron chi connectivity index (χ1n) is 5.50. The highest BCUT2D eigenvalue weighted by Crippen LogP contribution is 2.32. The lowest BCUT2D eigenvalue weighted by atomic mass is 10.1. The number of rotatable bonds is 1. The van der Waals surface area contributed by atoms with Gasteiger partial charge in [-0.25, -0.2) is 0 Å². The summed E-state index contributed by atoms with van der Waals surface area (Å²) in [5.74, 6) is -1.13. The zero-order chi connectivity index (χ0) is 14.9. The van der Waals surface area contributed by atoms with E-state index in [1.165, 1.54) is 4.90 Å². The molecule has 1 fully saturated rings. The van der Waals surface area contributed by atoms with Gasteiger partial charge in [0.1, 0.15) is 6.07 Å². The minimum Gasteiger partial charge on any atom is -0.352 e. The second kappa shape index (κ2) is 4.85. The maximum absolute atomic E-state index is 12.6. The molecule has 1 aliphatic heterocycles. The van der Waals surface area contributed by atoms with E-state index in [0.29, 0.717) is 6.07 Å². The fourth-order valence-electron chi connectivity index (χ4n) is 1.89. The van der Waals surface area contributed by atoms with Crippen molar-refractivity contribution < 1.29 is 22.8 Å². The number of carbonyl (C=O) groups excluding carboxylic acids is 2. The molecular formula is C12H8F3N3O2. The molecule has 1 aromatic carbocycles. The first kappa shape index (κ1) is 13.9. The summed E-state index contributed by atoms with van der Waals surface area (Å²) in [6.07, 6.45) is -4.56. The number of anilines is 1. The fraction of sp³-hybridized carbons (Fsp3) is 0.250. The van der Waals surface area contributed by atoms with Crippen LogP contribution >= 0.6 is 0 Å². The third kappa shape index (κ3) is 2.71. The van der Waals surface area contributed by atoms with E-state index >= 15 is 0 Å². The van der Waals surface area contributed by atoms with Crippen molar-refractivity contribution in [1.82, 2.24) is 5.32 Å². The molecule has 104 valence electrons. The van der Waals surface area contributed by atoms with Crippen LogP contribution in [-0.2, 0) is 15.8 Å². The summed E-state index contributed by atoms with van der Waals surface area (Å²) in [4.78, 5) is 23.8. The molecule has 5 nitrogen and oxygen atoms in total. The number of nitrogens with zero attached hydrogens (tertiary/aromatic N) is 2. The monoisotopic (exact) mass is 283 g/mol. The summed E-state index contributed by atoms with van der Waals surface area (Å²) in [6, 6.07) is 4.25. The van der Waals surface area contributed by atoms with Crippen molar-refractivity contribution in [3.63, 3.8) is 0 Å². The highest BCUT2D eigenvalue weighted by Gasteiger charge is 2.32. The van der Waals surface area contributed by atoms with E-state index in [1.807, 2.05) is 0 Å². The third-order valence-corrected chi connectivity index (χ3v) is 2.73. The van der Waals surface area contributed by atoms with Crippen LogP contribution in [0.15, 0.2) is 18.2 Å². The molecule has 8 heteroatoms. The Bertz CT molecular complexity index is 603. The molecule has 1 aromatic rings. The number of amides is 2. The van der Waals surface area contributed by atoms with Gasteiger partial charge in [0.05, 0.1) is 29.9 Å². The van der Waals surface area contributed by atoms with Crippen molar-refractivity contribution in [1.29, 1.82) is 5.26 Å². The highest BCUT2D eigenvalue weighted by atomic mass is 19.4. The van der Waals surface area contributed by atoms with Gasteiger partial charge < -0.3 is 4.90 Å². The lowest BCUT2D eigenvalue weighted by Crippen LogP contribution is -2.51. The summed E-state index contributed by atoms with van der Waals surface area (Å²) in [6.45, 7) is -0.377. The molecule has 0 radical (unpaired) electrons. The molecule has 1 heterocycles. The van der Waals surface area contributed by atoms with Gasteiger partial charge in [0.15, 0.2) is 0 Å². The lowest BCUT2D eigenvalue weighted by Gasteiger charge is -2.28. The van der Waals surface area contributed by atoms with Gasteiger partial charge in [0, 0.05) is 0 Å². The van der Waals surface area contributed by atoms with E-state index in [9.17, 15) is 22.8 Å². The summed E-state index contributed by atoms with van der Waals surface area (Å²) in [5, 5.41) is 11.0. The number of hydrogen-bond donors (Lipinski definition) is 1. The molecule has 0 atom stereocenters. The zero-order valence-electron chi connectivity index (χ0n) is 9.99. The largest absolute Gasteiger partial charge is 0.416 e. The number of piperazine rings is 1. The molecule has 0 saturated carbocycles. The van der Waals surface area contributed by atoms with E-state index in [1.54, 1.807) is 6.07 Å². The number of imide groups is 1. The maximum atomic E-state index is 12.6. The minimum atomic E-state index is -4.56. The van der Waals surface area contributed by atoms with Crippen molar-refractivity contribution >= 4 is 17.5 Å². The Labute approximate surface area is 111 Å². The van der Waals surface area contributed by atoms with Gasteiger partial charge in [0.2, 0.25) is 11.8 Å². The SMILES string of the molecule is N#Cc1cc(C(F)(F)F)ccc1N1CC(=O)NC(=O)C1. The number of carbonyl (C=O) groups is 2. The summed E-state index contributed by atoms with van der Waals surface area (Å²) >= 11 is 0. The Hall–Kier alpha value is -2.56. The fourth-order valence-corrected chi connectivity index (χ4v) is 1.89. The van der Waals surface area contributed by atoms with Crippen molar-refractivity contribution in [3.8, 4) is 6.07 Å². The summed E-state index contributed by atoms with van der Waals surface area (Å²) < 4.78 is 37.7. The molecule has 1 N–H and O–H groups in total. The van der Waals surface area contributed by atoms with Crippen LogP contribution in [0.2, 0.25) is 0 Å². The van der Waals surface area contributed by atoms with Crippen molar-refractivity contribution in [2.75, 3.05) is 18.0 Å². The van der Waals surface area contributed by atoms with E-state index in [2.05, 4.69) is 5.32 Å². The number of benzene rings is 1. The van der Waals surface area contributed by atoms with Crippen LogP contribution in [0.1, 0.15) is 11.1 Å². The van der Waals surface area contributed by atoms with Crippen molar-refractivity contribution in [2.24, 2.45) is 0 Å². The van der Waals surface area contributed by atoms with E-state index in [-0.39, 0.29) is 24.3 Å². The number of alkyl halides is 3. The van der Waals surface area contributed by atoms with E-state index in [0.717, 1.165) is 12.1 Å². The standard InChI is InChI=1S/C12H8F3N3O2/c13-12(14,15)8-1-2-9(7(3-8)4-16)18-5-10(19)17-11(20)6-18/h1-3H,5-6H2,(H,17,19,20). The van der Waals surface area contributed by atoms with Crippen molar-refractivity contribution in [2.45, 2.75) is 6.18 Å². The summed E-state index contributed by atoms with van der Waals surface area (Å²) in [7, 11) is 0. The van der Waals surface area contributed by atoms with Crippen LogP contribution in [0, 0.1) is 11.3 Å². The average molecular weight is 283 g/mol. The quantitative estimate of drug-likeness (QED) is 0.782. The van der Waals surface area contributed by atoms with Crippen LogP contribution in [-0.4, -0.2) is 24.9 Å². The van der Waals surface area contributed by atoms with Gasteiger partial charge in [-0.1, -0.05) is 0 Å². The van der Waals surface area contributed by atoms with Crippen LogP contribution < -0.4 is 10.2 Å². The van der Waals surface area contributed by atoms with E-state index in [4.69, 9.17) is 5.26 Å². The summed E-state index contributed by atoms with van der Waals surface area (Å²) in [5.41, 5.74) is -1.06. The normalized spacial score (nSPS) is 15.8. The van der Waals surface area contributed by atoms with Crippen LogP contribution in [0.5, 0.6) is 0 Å². The smallest absolute Gasteiger partial charge is 0.352 e. The number of nitriles is 1. The van der Waals surface area contributed by atoms with Crippen LogP contribution in [0.25, 0.3) is 0 Å². The molecule has 1 saturated heterocycles. The van der Waals surface area contributed by atoms with E-state index < -0.39 is 23.6 Å². The highest BCUT2D eigenvalue weighted by molar-refractivity contribution is 6.02. The second-order valence-electron chi connectivity index (χ2n) is 4.17. The first-order valence-corrected chi connectivity index (χ1v) is 5.50. The molecule has 2 amide bonds. The first-order chi connectivity index (χ1) is 9.31.